The van der Waals surface area contributed by atoms with Crippen LogP contribution >= 0.6 is 0 Å². The average molecular weight is 432 g/mol. The summed E-state index contributed by atoms with van der Waals surface area (Å²) in [7, 11) is -3.88. The predicted molar refractivity (Wildman–Crippen MR) is 111 cm³/mol. The molecule has 0 unspecified atom stereocenters. The lowest BCUT2D eigenvalue weighted by atomic mass is 10.1. The van der Waals surface area contributed by atoms with Crippen molar-refractivity contribution in [2.45, 2.75) is 37.7 Å². The Labute approximate surface area is 175 Å². The Morgan fingerprint density at radius 2 is 1.90 bits per heavy atom. The Bertz CT molecular complexity index is 1110. The SMILES string of the molecule is Cc1cc(C)c2nonc2c1S(=O)(=O)N(CCOc1ccccc1)C[C@H]1CCCO1. The Morgan fingerprint density at radius 3 is 2.63 bits per heavy atom. The van der Waals surface area contributed by atoms with Crippen LogP contribution in [-0.2, 0) is 14.8 Å². The van der Waals surface area contributed by atoms with E-state index < -0.39 is 10.0 Å². The number of aromatic nitrogens is 2. The third kappa shape index (κ3) is 4.19. The highest BCUT2D eigenvalue weighted by Crippen LogP contribution is 2.30. The van der Waals surface area contributed by atoms with Crippen molar-refractivity contribution in [2.75, 3.05) is 26.3 Å². The van der Waals surface area contributed by atoms with E-state index in [2.05, 4.69) is 10.3 Å². The molecule has 1 aliphatic heterocycles. The van der Waals surface area contributed by atoms with E-state index in [1.165, 1.54) is 4.31 Å². The fourth-order valence-corrected chi connectivity index (χ4v) is 5.58. The highest BCUT2D eigenvalue weighted by atomic mass is 32.2. The van der Waals surface area contributed by atoms with Crippen molar-refractivity contribution < 1.29 is 22.5 Å². The van der Waals surface area contributed by atoms with Crippen molar-refractivity contribution in [1.82, 2.24) is 14.6 Å². The molecule has 0 saturated carbocycles. The third-order valence-electron chi connectivity index (χ3n) is 5.25. The standard InChI is InChI=1S/C21H25N3O5S/c1-15-13-16(2)21(20-19(15)22-29-23-20)30(25,26)24(14-18-9-6-11-27-18)10-12-28-17-7-4-3-5-8-17/h3-5,7-8,13,18H,6,9-12,14H2,1-2H3/t18-/m1/s1. The monoisotopic (exact) mass is 431 g/mol. The summed E-state index contributed by atoms with van der Waals surface area (Å²) in [6.07, 6.45) is 1.63. The van der Waals surface area contributed by atoms with Gasteiger partial charge in [-0.1, -0.05) is 24.3 Å². The maximum atomic E-state index is 13.7. The first-order valence-electron chi connectivity index (χ1n) is 9.99. The molecule has 0 aliphatic carbocycles. The number of sulfonamides is 1. The van der Waals surface area contributed by atoms with Gasteiger partial charge in [-0.2, -0.15) is 4.31 Å². The summed E-state index contributed by atoms with van der Waals surface area (Å²) in [4.78, 5) is 0.127. The normalized spacial score (nSPS) is 17.1. The lowest BCUT2D eigenvalue weighted by molar-refractivity contribution is 0.0910. The molecule has 2 heterocycles. The van der Waals surface area contributed by atoms with Crippen LogP contribution in [0.5, 0.6) is 5.75 Å². The van der Waals surface area contributed by atoms with Crippen molar-refractivity contribution in [3.8, 4) is 5.75 Å². The molecule has 8 nitrogen and oxygen atoms in total. The van der Waals surface area contributed by atoms with Crippen LogP contribution in [0.15, 0.2) is 45.9 Å². The van der Waals surface area contributed by atoms with Crippen molar-refractivity contribution >= 4 is 21.1 Å². The molecule has 4 rings (SSSR count). The molecule has 160 valence electrons. The number of aryl methyl sites for hydroxylation is 2. The molecule has 0 amide bonds. The van der Waals surface area contributed by atoms with Crippen molar-refractivity contribution in [3.05, 3.63) is 47.5 Å². The summed E-state index contributed by atoms with van der Waals surface area (Å²) >= 11 is 0. The average Bonchev–Trinajstić information content (AvgIpc) is 3.40. The maximum absolute atomic E-state index is 13.7. The van der Waals surface area contributed by atoms with Gasteiger partial charge in [0, 0.05) is 19.7 Å². The van der Waals surface area contributed by atoms with E-state index in [0.29, 0.717) is 23.4 Å². The Balaban J connectivity index is 1.64. The molecule has 9 heteroatoms. The van der Waals surface area contributed by atoms with Crippen LogP contribution in [0.1, 0.15) is 24.0 Å². The highest BCUT2D eigenvalue weighted by Gasteiger charge is 2.33. The summed E-state index contributed by atoms with van der Waals surface area (Å²) in [6.45, 7) is 4.95. The van der Waals surface area contributed by atoms with E-state index in [-0.39, 0.29) is 36.2 Å². The highest BCUT2D eigenvalue weighted by molar-refractivity contribution is 7.89. The smallest absolute Gasteiger partial charge is 0.245 e. The van der Waals surface area contributed by atoms with E-state index in [0.717, 1.165) is 18.4 Å². The van der Waals surface area contributed by atoms with Crippen LogP contribution in [0.2, 0.25) is 0 Å². The lowest BCUT2D eigenvalue weighted by Gasteiger charge is -2.25. The number of hydrogen-bond donors (Lipinski definition) is 0. The van der Waals surface area contributed by atoms with Gasteiger partial charge in [-0.15, -0.1) is 0 Å². The number of fused-ring (bicyclic) bond motifs is 1. The predicted octanol–water partition coefficient (Wildman–Crippen LogP) is 3.09. The molecule has 0 spiro atoms. The largest absolute Gasteiger partial charge is 0.492 e. The molecular weight excluding hydrogens is 406 g/mol. The molecule has 1 fully saturated rings. The van der Waals surface area contributed by atoms with Gasteiger partial charge >= 0.3 is 0 Å². The fraction of sp³-hybridized carbons (Fsp3) is 0.429. The first kappa shape index (κ1) is 20.8. The number of nitrogens with zero attached hydrogens (tertiary/aromatic N) is 3. The summed E-state index contributed by atoms with van der Waals surface area (Å²) in [5.41, 5.74) is 2.14. The Morgan fingerprint density at radius 1 is 1.13 bits per heavy atom. The van der Waals surface area contributed by atoms with Gasteiger partial charge in [0.1, 0.15) is 22.8 Å². The third-order valence-corrected chi connectivity index (χ3v) is 7.29. The van der Waals surface area contributed by atoms with Crippen LogP contribution in [0.4, 0.5) is 0 Å². The zero-order chi connectivity index (χ0) is 21.1. The van der Waals surface area contributed by atoms with Gasteiger partial charge in [0.2, 0.25) is 10.0 Å². The number of benzene rings is 2. The van der Waals surface area contributed by atoms with E-state index >= 15 is 0 Å². The van der Waals surface area contributed by atoms with Crippen molar-refractivity contribution in [2.24, 2.45) is 0 Å². The topological polar surface area (TPSA) is 94.8 Å². The molecule has 3 aromatic rings. The molecular formula is C21H25N3O5S. The molecule has 1 atom stereocenters. The minimum absolute atomic E-state index is 0.127. The molecule has 1 saturated heterocycles. The van der Waals surface area contributed by atoms with E-state index in [1.54, 1.807) is 13.0 Å². The first-order chi connectivity index (χ1) is 14.5. The van der Waals surface area contributed by atoms with Gasteiger partial charge in [0.25, 0.3) is 0 Å². The minimum atomic E-state index is -3.88. The van der Waals surface area contributed by atoms with Crippen LogP contribution in [0.25, 0.3) is 11.0 Å². The van der Waals surface area contributed by atoms with E-state index in [9.17, 15) is 8.42 Å². The number of rotatable bonds is 8. The fourth-order valence-electron chi connectivity index (χ4n) is 3.80. The molecule has 1 aliphatic rings. The van der Waals surface area contributed by atoms with Crippen LogP contribution in [0.3, 0.4) is 0 Å². The molecule has 1 aromatic heterocycles. The second-order valence-electron chi connectivity index (χ2n) is 7.46. The zero-order valence-corrected chi connectivity index (χ0v) is 17.9. The van der Waals surface area contributed by atoms with Crippen LogP contribution in [0, 0.1) is 13.8 Å². The van der Waals surface area contributed by atoms with Crippen molar-refractivity contribution in [3.63, 3.8) is 0 Å². The van der Waals surface area contributed by atoms with Gasteiger partial charge in [-0.3, -0.25) is 0 Å². The number of hydrogen-bond acceptors (Lipinski definition) is 7. The van der Waals surface area contributed by atoms with Gasteiger partial charge in [-0.05, 0) is 60.3 Å². The van der Waals surface area contributed by atoms with Gasteiger partial charge in [0.05, 0.1) is 6.10 Å². The van der Waals surface area contributed by atoms with Crippen LogP contribution < -0.4 is 4.74 Å². The number of para-hydroxylation sites is 1. The second-order valence-corrected chi connectivity index (χ2v) is 9.34. The summed E-state index contributed by atoms with van der Waals surface area (Å²) in [5, 5.41) is 7.77. The Hall–Kier alpha value is -2.49. The zero-order valence-electron chi connectivity index (χ0n) is 17.1. The quantitative estimate of drug-likeness (QED) is 0.541. The molecule has 0 radical (unpaired) electrons. The molecule has 2 aromatic carbocycles. The maximum Gasteiger partial charge on any atom is 0.245 e. The van der Waals surface area contributed by atoms with E-state index in [4.69, 9.17) is 14.1 Å². The minimum Gasteiger partial charge on any atom is -0.492 e. The molecule has 30 heavy (non-hydrogen) atoms. The van der Waals surface area contributed by atoms with Gasteiger partial charge in [0.15, 0.2) is 5.52 Å². The molecule has 0 bridgehead atoms. The molecule has 0 N–H and O–H groups in total. The van der Waals surface area contributed by atoms with Crippen LogP contribution in [-0.4, -0.2) is 55.4 Å². The van der Waals surface area contributed by atoms with Crippen molar-refractivity contribution in [1.29, 1.82) is 0 Å². The second kappa shape index (κ2) is 8.71. The lowest BCUT2D eigenvalue weighted by Crippen LogP contribution is -2.40. The van der Waals surface area contributed by atoms with Gasteiger partial charge in [-0.25, -0.2) is 13.0 Å². The Kier molecular flexibility index (Phi) is 6.03. The van der Waals surface area contributed by atoms with Gasteiger partial charge < -0.3 is 9.47 Å². The van der Waals surface area contributed by atoms with E-state index in [1.807, 2.05) is 37.3 Å². The first-order valence-corrected chi connectivity index (χ1v) is 11.4. The summed E-state index contributed by atoms with van der Waals surface area (Å²) in [5.74, 6) is 0.696. The number of ether oxygens (including phenoxy) is 2. The summed E-state index contributed by atoms with van der Waals surface area (Å²) in [6, 6.07) is 11.1. The summed E-state index contributed by atoms with van der Waals surface area (Å²) < 4.78 is 45.2.